The van der Waals surface area contributed by atoms with E-state index in [2.05, 4.69) is 15.3 Å². The Morgan fingerprint density at radius 2 is 1.81 bits per heavy atom. The van der Waals surface area contributed by atoms with Gasteiger partial charge in [-0.2, -0.15) is 0 Å². The van der Waals surface area contributed by atoms with Gasteiger partial charge < -0.3 is 11.1 Å². The number of fused-ring (bicyclic) bond motifs is 1. The van der Waals surface area contributed by atoms with Crippen LogP contribution in [0.15, 0.2) is 66.9 Å². The van der Waals surface area contributed by atoms with E-state index in [1.54, 1.807) is 30.5 Å². The van der Waals surface area contributed by atoms with Gasteiger partial charge in [0.15, 0.2) is 5.82 Å². The summed E-state index contributed by atoms with van der Waals surface area (Å²) in [5.74, 6) is -0.158. The minimum absolute atomic E-state index is 0.187. The van der Waals surface area contributed by atoms with Crippen molar-refractivity contribution < 1.29 is 9.59 Å². The number of nitrogens with two attached hydrogens (primary N) is 1. The molecule has 2 amide bonds. The molecule has 2 heterocycles. The number of nitrogens with zero attached hydrogens (tertiary/aromatic N) is 2. The maximum Gasteiger partial charge on any atom is 0.258 e. The number of amides is 2. The molecule has 2 aromatic heterocycles. The van der Waals surface area contributed by atoms with E-state index in [0.29, 0.717) is 26.8 Å². The molecule has 0 radical (unpaired) electrons. The lowest BCUT2D eigenvalue weighted by atomic mass is 10.1. The maximum atomic E-state index is 12.3. The fourth-order valence-corrected chi connectivity index (χ4v) is 3.48. The summed E-state index contributed by atoms with van der Waals surface area (Å²) < 4.78 is 0. The van der Waals surface area contributed by atoms with Crippen molar-refractivity contribution in [2.24, 2.45) is 5.73 Å². The van der Waals surface area contributed by atoms with E-state index in [9.17, 15) is 9.59 Å². The summed E-state index contributed by atoms with van der Waals surface area (Å²) in [5, 5.41) is 3.64. The molecule has 0 bridgehead atoms. The summed E-state index contributed by atoms with van der Waals surface area (Å²) in [5.41, 5.74) is 7.31. The number of anilines is 1. The van der Waals surface area contributed by atoms with Crippen molar-refractivity contribution in [3.8, 4) is 11.4 Å². The van der Waals surface area contributed by atoms with Crippen LogP contribution in [0.25, 0.3) is 21.6 Å². The number of aromatic nitrogens is 2. The first kappa shape index (κ1) is 16.9. The topological polar surface area (TPSA) is 98.0 Å². The molecule has 4 rings (SSSR count). The summed E-state index contributed by atoms with van der Waals surface area (Å²) in [7, 11) is 0. The van der Waals surface area contributed by atoms with Crippen molar-refractivity contribution in [1.82, 2.24) is 9.97 Å². The second-order valence-electron chi connectivity index (χ2n) is 5.83. The second kappa shape index (κ2) is 6.97. The highest BCUT2D eigenvalue weighted by Gasteiger charge is 2.11. The first-order valence-electron chi connectivity index (χ1n) is 8.13. The maximum absolute atomic E-state index is 12.3. The van der Waals surface area contributed by atoms with Crippen LogP contribution in [0.1, 0.15) is 20.0 Å². The molecule has 0 aliphatic rings. The molecule has 6 nitrogen and oxygen atoms in total. The molecule has 7 heteroatoms. The molecule has 0 unspecified atom stereocenters. The van der Waals surface area contributed by atoms with Gasteiger partial charge in [-0.25, -0.2) is 9.97 Å². The van der Waals surface area contributed by atoms with Crippen LogP contribution in [0.2, 0.25) is 0 Å². The molecular formula is C20H14N4O2S. The summed E-state index contributed by atoms with van der Waals surface area (Å²) >= 11 is 1.23. The summed E-state index contributed by atoms with van der Waals surface area (Å²) in [6.45, 7) is 0. The van der Waals surface area contributed by atoms with E-state index in [4.69, 9.17) is 5.73 Å². The van der Waals surface area contributed by atoms with Crippen LogP contribution in [0, 0.1) is 0 Å². The zero-order valence-electron chi connectivity index (χ0n) is 14.0. The third-order valence-corrected chi connectivity index (χ3v) is 4.99. The van der Waals surface area contributed by atoms with Crippen molar-refractivity contribution in [3.05, 3.63) is 77.3 Å². The lowest BCUT2D eigenvalue weighted by molar-refractivity contribution is 0.100. The Balaban J connectivity index is 1.63. The van der Waals surface area contributed by atoms with Gasteiger partial charge in [-0.3, -0.25) is 9.59 Å². The van der Waals surface area contributed by atoms with Crippen LogP contribution in [0.5, 0.6) is 0 Å². The van der Waals surface area contributed by atoms with Gasteiger partial charge >= 0.3 is 0 Å². The number of primary amides is 1. The molecule has 0 spiro atoms. The second-order valence-corrected chi connectivity index (χ2v) is 6.86. The van der Waals surface area contributed by atoms with E-state index in [1.807, 2.05) is 36.4 Å². The first-order chi connectivity index (χ1) is 13.1. The van der Waals surface area contributed by atoms with Crippen molar-refractivity contribution in [2.45, 2.75) is 0 Å². The Morgan fingerprint density at radius 1 is 1.00 bits per heavy atom. The Hall–Kier alpha value is -3.58. The first-order valence-corrected chi connectivity index (χ1v) is 8.95. The fourth-order valence-electron chi connectivity index (χ4n) is 2.62. The molecule has 3 N–H and O–H groups in total. The smallest absolute Gasteiger partial charge is 0.258 e. The molecule has 0 aliphatic heterocycles. The van der Waals surface area contributed by atoms with Gasteiger partial charge in [-0.05, 0) is 30.3 Å². The SMILES string of the molecule is NC(=O)c1cc2cnc(-c3cccc(NC(=O)c4ccccc4)c3)nc2s1. The number of nitrogens with one attached hydrogen (secondary N) is 1. The number of carbonyl (C=O) groups is 2. The van der Waals surface area contributed by atoms with E-state index >= 15 is 0 Å². The highest BCUT2D eigenvalue weighted by molar-refractivity contribution is 7.20. The van der Waals surface area contributed by atoms with Crippen molar-refractivity contribution in [1.29, 1.82) is 0 Å². The van der Waals surface area contributed by atoms with E-state index in [1.165, 1.54) is 11.3 Å². The number of rotatable bonds is 4. The largest absolute Gasteiger partial charge is 0.365 e. The minimum Gasteiger partial charge on any atom is -0.365 e. The zero-order valence-corrected chi connectivity index (χ0v) is 14.9. The van der Waals surface area contributed by atoms with Crippen LogP contribution in [0.4, 0.5) is 5.69 Å². The predicted molar refractivity (Wildman–Crippen MR) is 106 cm³/mol. The predicted octanol–water partition coefficient (Wildman–Crippen LogP) is 3.71. The number of carbonyl (C=O) groups excluding carboxylic acids is 2. The standard InChI is InChI=1S/C20H14N4O2S/c21-17(25)16-10-14-11-22-18(24-20(14)27-16)13-7-4-8-15(9-13)23-19(26)12-5-2-1-3-6-12/h1-11H,(H2,21,25)(H,23,26). The zero-order chi connectivity index (χ0) is 18.8. The molecule has 4 aromatic rings. The van der Waals surface area contributed by atoms with E-state index in [-0.39, 0.29) is 5.91 Å². The molecule has 0 atom stereocenters. The quantitative estimate of drug-likeness (QED) is 0.569. The average Bonchev–Trinajstić information content (AvgIpc) is 3.12. The van der Waals surface area contributed by atoms with Gasteiger partial charge in [0.2, 0.25) is 0 Å². The molecule has 0 fully saturated rings. The van der Waals surface area contributed by atoms with Crippen molar-refractivity contribution >= 4 is 39.1 Å². The highest BCUT2D eigenvalue weighted by Crippen LogP contribution is 2.26. The normalized spacial score (nSPS) is 10.7. The van der Waals surface area contributed by atoms with Gasteiger partial charge in [-0.1, -0.05) is 30.3 Å². The van der Waals surface area contributed by atoms with Gasteiger partial charge in [0.1, 0.15) is 4.83 Å². The minimum atomic E-state index is -0.481. The molecule has 0 saturated carbocycles. The molecular weight excluding hydrogens is 360 g/mol. The third kappa shape index (κ3) is 3.54. The lowest BCUT2D eigenvalue weighted by Crippen LogP contribution is -2.11. The van der Waals surface area contributed by atoms with E-state index in [0.717, 1.165) is 10.9 Å². The summed E-state index contributed by atoms with van der Waals surface area (Å²) in [6, 6.07) is 18.0. The van der Waals surface area contributed by atoms with Gasteiger partial charge in [0, 0.05) is 28.4 Å². The molecule has 0 aliphatic carbocycles. The van der Waals surface area contributed by atoms with Crippen molar-refractivity contribution in [2.75, 3.05) is 5.32 Å². The van der Waals surface area contributed by atoms with Crippen LogP contribution >= 0.6 is 11.3 Å². The third-order valence-electron chi connectivity index (χ3n) is 3.93. The van der Waals surface area contributed by atoms with Gasteiger partial charge in [0.05, 0.1) is 4.88 Å². The Labute approximate surface area is 158 Å². The number of thiophene rings is 1. The summed E-state index contributed by atoms with van der Waals surface area (Å²) in [4.78, 5) is 33.7. The monoisotopic (exact) mass is 374 g/mol. The molecule has 0 saturated heterocycles. The van der Waals surface area contributed by atoms with Crippen LogP contribution in [-0.2, 0) is 0 Å². The summed E-state index contributed by atoms with van der Waals surface area (Å²) in [6.07, 6.45) is 1.66. The Morgan fingerprint density at radius 3 is 2.59 bits per heavy atom. The fraction of sp³-hybridized carbons (Fsp3) is 0. The van der Waals surface area contributed by atoms with Crippen LogP contribution in [-0.4, -0.2) is 21.8 Å². The van der Waals surface area contributed by atoms with Crippen LogP contribution < -0.4 is 11.1 Å². The molecule has 2 aromatic carbocycles. The Kier molecular flexibility index (Phi) is 4.35. The molecule has 132 valence electrons. The van der Waals surface area contributed by atoms with Crippen molar-refractivity contribution in [3.63, 3.8) is 0 Å². The Bertz CT molecular complexity index is 1160. The van der Waals surface area contributed by atoms with Crippen LogP contribution in [0.3, 0.4) is 0 Å². The van der Waals surface area contributed by atoms with Gasteiger partial charge in [0.25, 0.3) is 11.8 Å². The number of hydrogen-bond acceptors (Lipinski definition) is 5. The average molecular weight is 374 g/mol. The molecule has 27 heavy (non-hydrogen) atoms. The highest BCUT2D eigenvalue weighted by atomic mass is 32.1. The van der Waals surface area contributed by atoms with Gasteiger partial charge in [-0.15, -0.1) is 11.3 Å². The number of benzene rings is 2. The van der Waals surface area contributed by atoms with E-state index < -0.39 is 5.91 Å². The lowest BCUT2D eigenvalue weighted by Gasteiger charge is -2.07. The number of hydrogen-bond donors (Lipinski definition) is 2.